The van der Waals surface area contributed by atoms with Crippen molar-refractivity contribution in [3.8, 4) is 11.1 Å². The first-order chi connectivity index (χ1) is 18.1. The van der Waals surface area contributed by atoms with E-state index in [4.69, 9.17) is 4.52 Å². The zero-order valence-electron chi connectivity index (χ0n) is 21.8. The molecule has 2 amide bonds. The minimum atomic E-state index is -0.701. The van der Waals surface area contributed by atoms with Crippen LogP contribution >= 0.6 is 0 Å². The summed E-state index contributed by atoms with van der Waals surface area (Å²) >= 11 is 0. The maximum absolute atomic E-state index is 14.7. The lowest BCUT2D eigenvalue weighted by atomic mass is 9.92. The summed E-state index contributed by atoms with van der Waals surface area (Å²) < 4.78 is 21.6. The lowest BCUT2D eigenvalue weighted by Gasteiger charge is -2.18. The summed E-state index contributed by atoms with van der Waals surface area (Å²) in [6.45, 7) is 5.90. The number of fused-ring (bicyclic) bond motifs is 1. The van der Waals surface area contributed by atoms with Crippen LogP contribution in [-0.2, 0) is 5.41 Å². The van der Waals surface area contributed by atoms with Crippen LogP contribution in [0.2, 0.25) is 0 Å². The lowest BCUT2D eigenvalue weighted by molar-refractivity contribution is 0.261. The number of pyridine rings is 1. The van der Waals surface area contributed by atoms with E-state index in [2.05, 4.69) is 31.1 Å². The van der Waals surface area contributed by atoms with Gasteiger partial charge in [0.05, 0.1) is 11.4 Å². The van der Waals surface area contributed by atoms with E-state index in [-0.39, 0.29) is 28.6 Å². The molecule has 0 unspecified atom stereocenters. The number of carbonyl (C=O) groups is 1. The molecule has 3 aromatic heterocycles. The fourth-order valence-electron chi connectivity index (χ4n) is 4.69. The number of carbonyl (C=O) groups excluding carboxylic acids is 1. The number of nitrogens with zero attached hydrogens (tertiary/aromatic N) is 4. The molecule has 3 N–H and O–H groups in total. The van der Waals surface area contributed by atoms with Crippen LogP contribution in [0.25, 0.3) is 22.2 Å². The fraction of sp³-hybridized carbons (Fsp3) is 0.370. The van der Waals surface area contributed by atoms with Crippen molar-refractivity contribution in [1.82, 2.24) is 19.7 Å². The molecule has 3 heterocycles. The number of nitrogens with one attached hydrogen (secondary N) is 3. The normalized spacial score (nSPS) is 14.1. The SMILES string of the molecule is CNc1ncc2cc(-c3ccc(F)c(NC(=O)Nc4cc(C(C)(C)C)no4)c3)c(=O)n(C3CCCC3)c2n1. The zero-order valence-corrected chi connectivity index (χ0v) is 21.8. The first kappa shape index (κ1) is 25.4. The molecule has 11 heteroatoms. The summed E-state index contributed by atoms with van der Waals surface area (Å²) in [5, 5.41) is 12.6. The van der Waals surface area contributed by atoms with Crippen LogP contribution in [0.3, 0.4) is 0 Å². The van der Waals surface area contributed by atoms with E-state index >= 15 is 0 Å². The predicted molar refractivity (Wildman–Crippen MR) is 144 cm³/mol. The summed E-state index contributed by atoms with van der Waals surface area (Å²) in [5.74, 6) is -0.0771. The van der Waals surface area contributed by atoms with Gasteiger partial charge in [-0.25, -0.2) is 14.2 Å². The van der Waals surface area contributed by atoms with Crippen molar-refractivity contribution in [2.45, 2.75) is 57.9 Å². The fourth-order valence-corrected chi connectivity index (χ4v) is 4.69. The van der Waals surface area contributed by atoms with Crippen LogP contribution in [0.5, 0.6) is 0 Å². The standard InChI is InChI=1S/C27H30FN7O3/c1-27(2,3)21-13-22(38-34-21)32-26(37)31-20-12-15(9-10-19(20)28)18-11-16-14-30-25(29-4)33-23(16)35(24(18)36)17-7-5-6-8-17/h9-14,17H,5-8H2,1-4H3,(H,29,30,33)(H2,31,32,37). The third-order valence-corrected chi connectivity index (χ3v) is 6.73. The van der Waals surface area contributed by atoms with Gasteiger partial charge in [0, 0.05) is 41.7 Å². The molecule has 0 aliphatic heterocycles. The minimum absolute atomic E-state index is 0.0215. The number of hydrogen-bond donors (Lipinski definition) is 3. The van der Waals surface area contributed by atoms with Gasteiger partial charge in [-0.2, -0.15) is 4.98 Å². The zero-order chi connectivity index (χ0) is 27.0. The number of benzene rings is 1. The number of halogens is 1. The van der Waals surface area contributed by atoms with E-state index in [1.807, 2.05) is 20.8 Å². The van der Waals surface area contributed by atoms with Gasteiger partial charge in [0.25, 0.3) is 5.56 Å². The van der Waals surface area contributed by atoms with Crippen LogP contribution in [0.4, 0.5) is 26.7 Å². The maximum atomic E-state index is 14.7. The van der Waals surface area contributed by atoms with Gasteiger partial charge in [0.1, 0.15) is 11.5 Å². The first-order valence-electron chi connectivity index (χ1n) is 12.6. The van der Waals surface area contributed by atoms with Gasteiger partial charge in [-0.15, -0.1) is 0 Å². The molecular formula is C27H30FN7O3. The van der Waals surface area contributed by atoms with Crippen LogP contribution in [0, 0.1) is 5.82 Å². The van der Waals surface area contributed by atoms with Crippen LogP contribution in [-0.4, -0.2) is 32.8 Å². The number of anilines is 3. The third kappa shape index (κ3) is 4.96. The Morgan fingerprint density at radius 1 is 1.13 bits per heavy atom. The lowest BCUT2D eigenvalue weighted by Crippen LogP contribution is -2.26. The summed E-state index contributed by atoms with van der Waals surface area (Å²) in [6.07, 6.45) is 5.50. The van der Waals surface area contributed by atoms with E-state index in [9.17, 15) is 14.0 Å². The topological polar surface area (TPSA) is 127 Å². The highest BCUT2D eigenvalue weighted by atomic mass is 19.1. The average molecular weight is 520 g/mol. The quantitative estimate of drug-likeness (QED) is 0.309. The van der Waals surface area contributed by atoms with E-state index in [1.165, 1.54) is 18.2 Å². The van der Waals surface area contributed by atoms with Gasteiger partial charge in [-0.3, -0.25) is 14.7 Å². The first-order valence-corrected chi connectivity index (χ1v) is 12.6. The molecule has 4 aromatic rings. The van der Waals surface area contributed by atoms with Crippen molar-refractivity contribution in [3.63, 3.8) is 0 Å². The van der Waals surface area contributed by atoms with Crippen molar-refractivity contribution in [2.75, 3.05) is 23.0 Å². The van der Waals surface area contributed by atoms with E-state index in [1.54, 1.807) is 29.9 Å². The van der Waals surface area contributed by atoms with E-state index in [0.29, 0.717) is 33.8 Å². The Labute approximate surface area is 218 Å². The minimum Gasteiger partial charge on any atom is -0.357 e. The molecule has 198 valence electrons. The Kier molecular flexibility index (Phi) is 6.60. The second-order valence-corrected chi connectivity index (χ2v) is 10.5. The molecule has 5 rings (SSSR count). The summed E-state index contributed by atoms with van der Waals surface area (Å²) in [4.78, 5) is 35.3. The monoisotopic (exact) mass is 519 g/mol. The molecule has 0 radical (unpaired) electrons. The highest BCUT2D eigenvalue weighted by molar-refractivity contribution is 5.99. The Bertz CT molecular complexity index is 1570. The van der Waals surface area contributed by atoms with E-state index < -0.39 is 11.8 Å². The van der Waals surface area contributed by atoms with Gasteiger partial charge in [0.15, 0.2) is 0 Å². The number of rotatable bonds is 5. The number of aromatic nitrogens is 4. The van der Waals surface area contributed by atoms with Gasteiger partial charge in [0.2, 0.25) is 11.8 Å². The Morgan fingerprint density at radius 2 is 1.89 bits per heavy atom. The van der Waals surface area contributed by atoms with Crippen molar-refractivity contribution in [2.24, 2.45) is 0 Å². The molecule has 1 aromatic carbocycles. The molecule has 1 fully saturated rings. The van der Waals surface area contributed by atoms with Crippen LogP contribution in [0.1, 0.15) is 58.2 Å². The molecule has 38 heavy (non-hydrogen) atoms. The number of urea groups is 1. The Balaban J connectivity index is 1.49. The van der Waals surface area contributed by atoms with Crippen molar-refractivity contribution < 1.29 is 13.7 Å². The molecule has 0 bridgehead atoms. The molecule has 1 aliphatic rings. The van der Waals surface area contributed by atoms with Gasteiger partial charge in [-0.1, -0.05) is 44.8 Å². The average Bonchev–Trinajstić information content (AvgIpc) is 3.57. The second kappa shape index (κ2) is 9.88. The van der Waals surface area contributed by atoms with Gasteiger partial charge >= 0.3 is 6.03 Å². The van der Waals surface area contributed by atoms with E-state index in [0.717, 1.165) is 25.7 Å². The third-order valence-electron chi connectivity index (χ3n) is 6.73. The Morgan fingerprint density at radius 3 is 2.58 bits per heavy atom. The van der Waals surface area contributed by atoms with Crippen LogP contribution < -0.4 is 21.5 Å². The van der Waals surface area contributed by atoms with Crippen molar-refractivity contribution in [3.05, 3.63) is 58.4 Å². The molecule has 0 spiro atoms. The molecule has 0 saturated heterocycles. The molecule has 1 saturated carbocycles. The summed E-state index contributed by atoms with van der Waals surface area (Å²) in [7, 11) is 1.72. The predicted octanol–water partition coefficient (Wildman–Crippen LogP) is 5.68. The molecular weight excluding hydrogens is 489 g/mol. The largest absolute Gasteiger partial charge is 0.357 e. The molecule has 0 atom stereocenters. The van der Waals surface area contributed by atoms with Crippen molar-refractivity contribution in [1.29, 1.82) is 0 Å². The molecule has 1 aliphatic carbocycles. The maximum Gasteiger partial charge on any atom is 0.326 e. The number of amides is 2. The highest BCUT2D eigenvalue weighted by Crippen LogP contribution is 2.33. The molecule has 10 nitrogen and oxygen atoms in total. The smallest absolute Gasteiger partial charge is 0.326 e. The highest BCUT2D eigenvalue weighted by Gasteiger charge is 2.24. The van der Waals surface area contributed by atoms with Crippen molar-refractivity contribution >= 4 is 34.6 Å². The van der Waals surface area contributed by atoms with Crippen LogP contribution in [0.15, 0.2) is 45.8 Å². The van der Waals surface area contributed by atoms with Gasteiger partial charge in [-0.05, 0) is 36.6 Å². The summed E-state index contributed by atoms with van der Waals surface area (Å²) in [5.41, 5.74) is 1.51. The number of hydrogen-bond acceptors (Lipinski definition) is 7. The second-order valence-electron chi connectivity index (χ2n) is 10.5. The van der Waals surface area contributed by atoms with Gasteiger partial charge < -0.3 is 15.2 Å². The Hall–Kier alpha value is -4.28. The summed E-state index contributed by atoms with van der Waals surface area (Å²) in [6, 6.07) is 6.84.